The Bertz CT molecular complexity index is 1640. The number of carboxylic acid groups (broad SMARTS) is 1. The Labute approximate surface area is 278 Å². The molecule has 1 aromatic carbocycles. The zero-order valence-corrected chi connectivity index (χ0v) is 27.9. The van der Waals surface area contributed by atoms with Gasteiger partial charge in [0.25, 0.3) is 5.91 Å². The van der Waals surface area contributed by atoms with Crippen molar-refractivity contribution in [1.29, 1.82) is 0 Å². The van der Waals surface area contributed by atoms with Gasteiger partial charge in [-0.25, -0.2) is 14.8 Å². The number of nitrogens with two attached hydrogens (primary N) is 2. The number of nitrogens with zero attached hydrogens (tertiary/aromatic N) is 8. The summed E-state index contributed by atoms with van der Waals surface area (Å²) in [6.45, 7) is 9.37. The minimum absolute atomic E-state index is 0.0130. The molecule has 0 saturated heterocycles. The van der Waals surface area contributed by atoms with Crippen LogP contribution in [0.15, 0.2) is 35.6 Å². The number of aromatic nitrogens is 4. The fraction of sp³-hybridized carbons (Fsp3) is 0.516. The molecule has 0 saturated carbocycles. The van der Waals surface area contributed by atoms with Gasteiger partial charge in [-0.1, -0.05) is 19.0 Å². The van der Waals surface area contributed by atoms with Crippen LogP contribution in [-0.4, -0.2) is 81.2 Å². The van der Waals surface area contributed by atoms with E-state index in [9.17, 15) is 19.5 Å². The highest BCUT2D eigenvalue weighted by Crippen LogP contribution is 2.23. The van der Waals surface area contributed by atoms with Crippen molar-refractivity contribution in [3.63, 3.8) is 0 Å². The summed E-state index contributed by atoms with van der Waals surface area (Å²) in [6, 6.07) is 5.36. The number of ether oxygens (including phenoxy) is 1. The zero-order valence-electron chi connectivity index (χ0n) is 27.9. The van der Waals surface area contributed by atoms with Gasteiger partial charge in [-0.2, -0.15) is 9.97 Å². The Morgan fingerprint density at radius 1 is 1.10 bits per heavy atom. The molecule has 0 aliphatic carbocycles. The molecule has 1 atom stereocenters. The van der Waals surface area contributed by atoms with E-state index in [1.165, 1.54) is 0 Å². The second-order valence-electron chi connectivity index (χ2n) is 12.8. The topological polar surface area (TPSA) is 260 Å². The van der Waals surface area contributed by atoms with Crippen molar-refractivity contribution in [2.75, 3.05) is 43.1 Å². The third-order valence-corrected chi connectivity index (χ3v) is 7.65. The fourth-order valence-electron chi connectivity index (χ4n) is 4.59. The van der Waals surface area contributed by atoms with Crippen molar-refractivity contribution in [2.24, 2.45) is 10.5 Å². The maximum Gasteiger partial charge on any atom is 0.326 e. The number of rotatable bonds is 18. The van der Waals surface area contributed by atoms with E-state index in [0.717, 1.165) is 5.69 Å². The monoisotopic (exact) mass is 664 g/mol. The van der Waals surface area contributed by atoms with Crippen LogP contribution in [-0.2, 0) is 20.9 Å². The summed E-state index contributed by atoms with van der Waals surface area (Å²) in [5.74, 6) is -1.98. The van der Waals surface area contributed by atoms with Crippen LogP contribution in [0.1, 0.15) is 69.4 Å². The molecule has 3 aromatic rings. The number of hydrogen-bond donors (Lipinski definition) is 5. The minimum Gasteiger partial charge on any atom is -0.480 e. The van der Waals surface area contributed by atoms with Crippen LogP contribution in [0.3, 0.4) is 0 Å². The smallest absolute Gasteiger partial charge is 0.326 e. The van der Waals surface area contributed by atoms with Crippen LogP contribution < -0.4 is 27.0 Å². The molecule has 0 fully saturated rings. The first-order valence-corrected chi connectivity index (χ1v) is 15.4. The van der Waals surface area contributed by atoms with Gasteiger partial charge in [0.2, 0.25) is 11.9 Å². The molecule has 17 heteroatoms. The van der Waals surface area contributed by atoms with Gasteiger partial charge in [-0.15, -0.1) is 0 Å². The lowest BCUT2D eigenvalue weighted by molar-refractivity contribution is -0.139. The summed E-state index contributed by atoms with van der Waals surface area (Å²) in [6.07, 6.45) is 2.66. The molecule has 0 radical (unpaired) electrons. The molecule has 0 bridgehead atoms. The molecule has 3 rings (SSSR count). The third kappa shape index (κ3) is 11.5. The average molecular weight is 665 g/mol. The van der Waals surface area contributed by atoms with E-state index < -0.39 is 23.5 Å². The normalized spacial score (nSPS) is 12.2. The van der Waals surface area contributed by atoms with E-state index in [0.29, 0.717) is 55.9 Å². The van der Waals surface area contributed by atoms with Crippen LogP contribution in [0.4, 0.5) is 17.5 Å². The van der Waals surface area contributed by atoms with E-state index in [4.69, 9.17) is 21.7 Å². The number of azide groups is 1. The molecule has 2 heterocycles. The summed E-state index contributed by atoms with van der Waals surface area (Å²) >= 11 is 0. The average Bonchev–Trinajstić information content (AvgIpc) is 3.02. The van der Waals surface area contributed by atoms with Crippen molar-refractivity contribution in [3.05, 3.63) is 52.2 Å². The van der Waals surface area contributed by atoms with Crippen molar-refractivity contribution in [3.8, 4) is 0 Å². The van der Waals surface area contributed by atoms with Gasteiger partial charge in [0.1, 0.15) is 6.04 Å². The quantitative estimate of drug-likeness (QED) is 0.0746. The van der Waals surface area contributed by atoms with Crippen LogP contribution in [0, 0.1) is 5.41 Å². The van der Waals surface area contributed by atoms with E-state index in [1.54, 1.807) is 30.5 Å². The second kappa shape index (κ2) is 16.5. The number of anilines is 3. The van der Waals surface area contributed by atoms with Crippen molar-refractivity contribution in [1.82, 2.24) is 30.6 Å². The lowest BCUT2D eigenvalue weighted by Gasteiger charge is -2.29. The molecule has 0 aliphatic rings. The Hall–Kier alpha value is -5.28. The second-order valence-corrected chi connectivity index (χ2v) is 12.8. The Kier molecular flexibility index (Phi) is 12.8. The SMILES string of the molecule is CN(Cc1cnc2nc(N)nc(N)c2n1)c1ccc(C(=O)NC(CCC(=O)NCC(C)(C)CCOC(C)(C)CCN=[N+]=[N-])C(=O)O)cc1. The van der Waals surface area contributed by atoms with Gasteiger partial charge >= 0.3 is 5.97 Å². The van der Waals surface area contributed by atoms with Crippen molar-refractivity contribution < 1.29 is 24.2 Å². The molecule has 17 nitrogen and oxygen atoms in total. The first-order chi connectivity index (χ1) is 22.6. The number of carbonyl (C=O) groups is 3. The third-order valence-electron chi connectivity index (χ3n) is 7.65. The molecular weight excluding hydrogens is 620 g/mol. The lowest BCUT2D eigenvalue weighted by atomic mass is 9.89. The predicted octanol–water partition coefficient (Wildman–Crippen LogP) is 3.21. The minimum atomic E-state index is -1.25. The largest absolute Gasteiger partial charge is 0.480 e. The van der Waals surface area contributed by atoms with Gasteiger partial charge in [0.05, 0.1) is 24.0 Å². The summed E-state index contributed by atoms with van der Waals surface area (Å²) in [5.41, 5.74) is 21.5. The zero-order chi connectivity index (χ0) is 35.5. The Balaban J connectivity index is 1.47. The van der Waals surface area contributed by atoms with Crippen molar-refractivity contribution in [2.45, 2.75) is 71.6 Å². The number of fused-ring (bicyclic) bond motifs is 1. The van der Waals surface area contributed by atoms with E-state index in [1.807, 2.05) is 39.6 Å². The summed E-state index contributed by atoms with van der Waals surface area (Å²) in [4.78, 5) is 58.7. The van der Waals surface area contributed by atoms with E-state index in [-0.39, 0.29) is 41.5 Å². The predicted molar refractivity (Wildman–Crippen MR) is 181 cm³/mol. The van der Waals surface area contributed by atoms with Gasteiger partial charge in [-0.3, -0.25) is 9.59 Å². The first-order valence-electron chi connectivity index (χ1n) is 15.4. The molecule has 0 spiro atoms. The van der Waals surface area contributed by atoms with E-state index >= 15 is 0 Å². The molecular formula is C31H44N12O5. The number of carbonyl (C=O) groups excluding carboxylic acids is 2. The molecule has 2 amide bonds. The molecule has 258 valence electrons. The highest BCUT2D eigenvalue weighted by Gasteiger charge is 2.25. The first kappa shape index (κ1) is 37.2. The number of hydrogen-bond acceptors (Lipinski definition) is 12. The van der Waals surface area contributed by atoms with Crippen LogP contribution in [0.25, 0.3) is 21.6 Å². The van der Waals surface area contributed by atoms with Gasteiger partial charge < -0.3 is 36.8 Å². The summed E-state index contributed by atoms with van der Waals surface area (Å²) < 4.78 is 5.94. The highest BCUT2D eigenvalue weighted by atomic mass is 16.5. The Morgan fingerprint density at radius 3 is 2.48 bits per heavy atom. The number of carboxylic acids is 1. The maximum atomic E-state index is 12.9. The Morgan fingerprint density at radius 2 is 1.81 bits per heavy atom. The van der Waals surface area contributed by atoms with Crippen LogP contribution in [0.2, 0.25) is 0 Å². The molecule has 1 unspecified atom stereocenters. The standard InChI is InChI=1S/C31H44N12O5/c1-30(2,13-15-48-31(3,4)12-14-37-42-34)18-36-23(44)11-10-22(28(46)47)39-27(45)19-6-8-21(9-7-19)43(5)17-20-16-35-26-24(38-20)25(32)40-29(33)41-26/h6-9,16,22H,10-15,17-18H2,1-5H3,(H,36,44)(H,39,45)(H,46,47)(H4,32,33,35,40,41). The number of amides is 2. The fourth-order valence-corrected chi connectivity index (χ4v) is 4.59. The van der Waals surface area contributed by atoms with Gasteiger partial charge in [0.15, 0.2) is 17.0 Å². The molecule has 48 heavy (non-hydrogen) atoms. The van der Waals surface area contributed by atoms with Gasteiger partial charge in [-0.05, 0) is 68.3 Å². The number of benzene rings is 1. The molecule has 0 aliphatic heterocycles. The highest BCUT2D eigenvalue weighted by molar-refractivity contribution is 5.97. The molecule has 2 aromatic heterocycles. The number of nitrogens with one attached hydrogen (secondary N) is 2. The van der Waals surface area contributed by atoms with Crippen LogP contribution >= 0.6 is 0 Å². The van der Waals surface area contributed by atoms with Crippen LogP contribution in [0.5, 0.6) is 0 Å². The summed E-state index contributed by atoms with van der Waals surface area (Å²) in [7, 11) is 1.83. The summed E-state index contributed by atoms with van der Waals surface area (Å²) in [5, 5.41) is 18.6. The lowest BCUT2D eigenvalue weighted by Crippen LogP contribution is -2.42. The van der Waals surface area contributed by atoms with Gasteiger partial charge in [0, 0.05) is 49.3 Å². The maximum absolute atomic E-state index is 12.9. The number of nitrogen functional groups attached to an aromatic ring is 2. The number of aliphatic carboxylic acids is 1. The molecule has 7 N–H and O–H groups in total. The van der Waals surface area contributed by atoms with Crippen molar-refractivity contribution >= 4 is 46.4 Å². The van der Waals surface area contributed by atoms with E-state index in [2.05, 4.69) is 40.6 Å².